The largest absolute Gasteiger partial charge is 0.313 e. The van der Waals surface area contributed by atoms with Gasteiger partial charge in [-0.25, -0.2) is 0 Å². The predicted molar refractivity (Wildman–Crippen MR) is 80.1 cm³/mol. The van der Waals surface area contributed by atoms with Crippen molar-refractivity contribution in [3.63, 3.8) is 0 Å². The molecule has 0 aromatic heterocycles. The molecule has 1 heterocycles. The van der Waals surface area contributed by atoms with Crippen molar-refractivity contribution in [2.45, 2.75) is 46.6 Å². The van der Waals surface area contributed by atoms with E-state index in [1.807, 2.05) is 0 Å². The number of piperidine rings is 1. The Morgan fingerprint density at radius 2 is 1.78 bits per heavy atom. The van der Waals surface area contributed by atoms with E-state index < -0.39 is 0 Å². The highest BCUT2D eigenvalue weighted by atomic mass is 15.2. The van der Waals surface area contributed by atoms with E-state index in [1.54, 1.807) is 0 Å². The summed E-state index contributed by atoms with van der Waals surface area (Å²) in [5.41, 5.74) is 0. The van der Waals surface area contributed by atoms with Crippen molar-refractivity contribution >= 4 is 0 Å². The molecule has 1 N–H and O–H groups in total. The summed E-state index contributed by atoms with van der Waals surface area (Å²) in [6, 6.07) is 0.754. The van der Waals surface area contributed by atoms with Gasteiger partial charge in [0.1, 0.15) is 0 Å². The summed E-state index contributed by atoms with van der Waals surface area (Å²) in [4.78, 5) is 5.11. The Hall–Kier alpha value is -0.120. The Morgan fingerprint density at radius 1 is 1.17 bits per heavy atom. The third-order valence-corrected chi connectivity index (χ3v) is 3.97. The third kappa shape index (κ3) is 6.17. The topological polar surface area (TPSA) is 18.5 Å². The highest BCUT2D eigenvalue weighted by molar-refractivity contribution is 4.77. The zero-order valence-corrected chi connectivity index (χ0v) is 12.9. The Bertz CT molecular complexity index is 194. The number of likely N-dealkylation sites (tertiary alicyclic amines) is 1. The molecule has 0 bridgehead atoms. The van der Waals surface area contributed by atoms with Crippen molar-refractivity contribution < 1.29 is 0 Å². The first-order valence-corrected chi connectivity index (χ1v) is 7.83. The molecule has 1 saturated heterocycles. The molecule has 0 aliphatic carbocycles. The number of nitrogens with one attached hydrogen (secondary N) is 1. The number of nitrogens with zero attached hydrogens (tertiary/aromatic N) is 2. The maximum atomic E-state index is 3.73. The molecule has 0 aromatic carbocycles. The zero-order valence-electron chi connectivity index (χ0n) is 12.9. The van der Waals surface area contributed by atoms with Crippen molar-refractivity contribution in [3.05, 3.63) is 0 Å². The molecule has 1 rings (SSSR count). The first-order valence-electron chi connectivity index (χ1n) is 7.83. The van der Waals surface area contributed by atoms with Crippen LogP contribution in [0.2, 0.25) is 0 Å². The molecule has 0 spiro atoms. The highest BCUT2D eigenvalue weighted by Crippen LogP contribution is 2.11. The smallest absolute Gasteiger partial charge is 0.0107 e. The lowest BCUT2D eigenvalue weighted by molar-refractivity contribution is 0.177. The molecule has 3 heteroatoms. The van der Waals surface area contributed by atoms with Crippen LogP contribution in [0.5, 0.6) is 0 Å². The normalized spacial score (nSPS) is 19.0. The van der Waals surface area contributed by atoms with Gasteiger partial charge in [0.25, 0.3) is 0 Å². The average Bonchev–Trinajstić information content (AvgIpc) is 2.36. The van der Waals surface area contributed by atoms with Gasteiger partial charge in [-0.1, -0.05) is 27.7 Å². The van der Waals surface area contributed by atoms with Gasteiger partial charge in [0, 0.05) is 25.7 Å². The zero-order chi connectivity index (χ0) is 13.4. The third-order valence-electron chi connectivity index (χ3n) is 3.97. The minimum atomic E-state index is 0.754. The van der Waals surface area contributed by atoms with Crippen LogP contribution in [-0.2, 0) is 0 Å². The van der Waals surface area contributed by atoms with Crippen LogP contribution in [0.15, 0.2) is 0 Å². The first kappa shape index (κ1) is 15.9. The maximum absolute atomic E-state index is 3.73. The van der Waals surface area contributed by atoms with Gasteiger partial charge >= 0.3 is 0 Å². The summed E-state index contributed by atoms with van der Waals surface area (Å²) >= 11 is 0. The molecular formula is C15H33N3. The number of rotatable bonds is 8. The lowest BCUT2D eigenvalue weighted by atomic mass is 10.0. The molecule has 1 aliphatic heterocycles. The van der Waals surface area contributed by atoms with Gasteiger partial charge in [0.2, 0.25) is 0 Å². The highest BCUT2D eigenvalue weighted by Gasteiger charge is 2.18. The molecular weight excluding hydrogens is 222 g/mol. The summed E-state index contributed by atoms with van der Waals surface area (Å²) < 4.78 is 0. The predicted octanol–water partition coefficient (Wildman–Crippen LogP) is 2.04. The standard InChI is InChI=1S/C15H33N3/c1-5-17(6-2)12-9-16-15-7-10-18(11-8-15)13-14(3)4/h14-16H,5-13H2,1-4H3. The van der Waals surface area contributed by atoms with Crippen LogP contribution < -0.4 is 5.32 Å². The molecule has 18 heavy (non-hydrogen) atoms. The van der Waals surface area contributed by atoms with E-state index in [0.717, 1.165) is 18.5 Å². The fourth-order valence-electron chi connectivity index (χ4n) is 2.80. The molecule has 1 fully saturated rings. The van der Waals surface area contributed by atoms with Crippen LogP contribution in [0.4, 0.5) is 0 Å². The Labute approximate surface area is 114 Å². The fourth-order valence-corrected chi connectivity index (χ4v) is 2.80. The molecule has 0 radical (unpaired) electrons. The summed E-state index contributed by atoms with van der Waals surface area (Å²) in [5.74, 6) is 0.803. The van der Waals surface area contributed by atoms with E-state index in [0.29, 0.717) is 0 Å². The van der Waals surface area contributed by atoms with Crippen LogP contribution in [-0.4, -0.2) is 61.7 Å². The second-order valence-electron chi connectivity index (χ2n) is 5.95. The summed E-state index contributed by atoms with van der Waals surface area (Å²) in [6.07, 6.45) is 2.65. The van der Waals surface area contributed by atoms with Gasteiger partial charge in [0.05, 0.1) is 0 Å². The lowest BCUT2D eigenvalue weighted by Gasteiger charge is -2.33. The molecule has 0 atom stereocenters. The Morgan fingerprint density at radius 3 is 2.28 bits per heavy atom. The van der Waals surface area contributed by atoms with E-state index >= 15 is 0 Å². The molecule has 3 nitrogen and oxygen atoms in total. The van der Waals surface area contributed by atoms with Gasteiger partial charge in [-0.2, -0.15) is 0 Å². The second-order valence-corrected chi connectivity index (χ2v) is 5.95. The van der Waals surface area contributed by atoms with E-state index in [4.69, 9.17) is 0 Å². The van der Waals surface area contributed by atoms with E-state index in [1.165, 1.54) is 52.1 Å². The minimum Gasteiger partial charge on any atom is -0.313 e. The quantitative estimate of drug-likeness (QED) is 0.716. The monoisotopic (exact) mass is 255 g/mol. The first-order chi connectivity index (χ1) is 8.65. The molecule has 0 saturated carbocycles. The number of likely N-dealkylation sites (N-methyl/N-ethyl adjacent to an activating group) is 1. The second kappa shape index (κ2) is 8.89. The molecule has 0 unspecified atom stereocenters. The van der Waals surface area contributed by atoms with Gasteiger partial charge in [0.15, 0.2) is 0 Å². The van der Waals surface area contributed by atoms with Crippen LogP contribution >= 0.6 is 0 Å². The van der Waals surface area contributed by atoms with Gasteiger partial charge in [-0.3, -0.25) is 0 Å². The maximum Gasteiger partial charge on any atom is 0.0107 e. The van der Waals surface area contributed by atoms with E-state index in [2.05, 4.69) is 42.8 Å². The van der Waals surface area contributed by atoms with Crippen LogP contribution in [0.25, 0.3) is 0 Å². The Balaban J connectivity index is 2.08. The molecule has 0 amide bonds. The summed E-state index contributed by atoms with van der Waals surface area (Å²) in [6.45, 7) is 17.6. The van der Waals surface area contributed by atoms with Crippen molar-refractivity contribution in [1.29, 1.82) is 0 Å². The summed E-state index contributed by atoms with van der Waals surface area (Å²) in [7, 11) is 0. The van der Waals surface area contributed by atoms with Gasteiger partial charge in [-0.15, -0.1) is 0 Å². The summed E-state index contributed by atoms with van der Waals surface area (Å²) in [5, 5.41) is 3.73. The molecule has 1 aliphatic rings. The molecule has 108 valence electrons. The fraction of sp³-hybridized carbons (Fsp3) is 1.00. The minimum absolute atomic E-state index is 0.754. The van der Waals surface area contributed by atoms with Crippen LogP contribution in [0.1, 0.15) is 40.5 Å². The van der Waals surface area contributed by atoms with E-state index in [9.17, 15) is 0 Å². The van der Waals surface area contributed by atoms with Crippen LogP contribution in [0.3, 0.4) is 0 Å². The van der Waals surface area contributed by atoms with Gasteiger partial charge in [-0.05, 0) is 44.9 Å². The van der Waals surface area contributed by atoms with E-state index in [-0.39, 0.29) is 0 Å². The lowest BCUT2D eigenvalue weighted by Crippen LogP contribution is -2.45. The Kier molecular flexibility index (Phi) is 7.87. The van der Waals surface area contributed by atoms with Crippen molar-refractivity contribution in [3.8, 4) is 0 Å². The van der Waals surface area contributed by atoms with Crippen LogP contribution in [0, 0.1) is 5.92 Å². The van der Waals surface area contributed by atoms with Crippen molar-refractivity contribution in [2.24, 2.45) is 5.92 Å². The van der Waals surface area contributed by atoms with Crippen molar-refractivity contribution in [2.75, 3.05) is 45.8 Å². The molecule has 0 aromatic rings. The van der Waals surface area contributed by atoms with Crippen molar-refractivity contribution in [1.82, 2.24) is 15.1 Å². The number of hydrogen-bond donors (Lipinski definition) is 1. The number of hydrogen-bond acceptors (Lipinski definition) is 3. The average molecular weight is 255 g/mol. The SMILES string of the molecule is CCN(CC)CCNC1CCN(CC(C)C)CC1. The van der Waals surface area contributed by atoms with Gasteiger partial charge < -0.3 is 15.1 Å².